The SMILES string of the molecule is CCN(CC)c1ccc(/C=C2/CCC(C=N/N=C/c3c(-c4ccccc4)nc4sccn34)=C2N2CCOCC2)cc1. The standard InChI is InChI=1S/C33H36N6OS/c1-3-37(4-2)29-14-10-25(11-15-29)22-27-12-13-28(32(27)38-16-19-40-20-17-38)23-34-35-24-30-31(26-8-6-5-7-9-26)36-33-39(30)18-21-41-33/h5-11,14-15,18,21-24H,3-4,12-13,16-17,19-20H2,1-2H3/b27-22-,34-23?,35-24+. The molecular weight excluding hydrogens is 528 g/mol. The van der Waals surface area contributed by atoms with Crippen molar-refractivity contribution in [3.63, 3.8) is 0 Å². The van der Waals surface area contributed by atoms with Gasteiger partial charge in [0.1, 0.15) is 0 Å². The van der Waals surface area contributed by atoms with Gasteiger partial charge in [0.25, 0.3) is 0 Å². The molecule has 3 heterocycles. The maximum absolute atomic E-state index is 5.67. The van der Waals surface area contributed by atoms with Crippen LogP contribution >= 0.6 is 11.3 Å². The number of anilines is 1. The molecule has 1 saturated heterocycles. The summed E-state index contributed by atoms with van der Waals surface area (Å²) in [4.78, 5) is 10.6. The van der Waals surface area contributed by atoms with E-state index in [1.165, 1.54) is 28.1 Å². The molecule has 0 saturated carbocycles. The Balaban J connectivity index is 1.28. The molecule has 2 aromatic heterocycles. The molecule has 0 amide bonds. The number of thiazole rings is 1. The Morgan fingerprint density at radius 2 is 1.71 bits per heavy atom. The normalized spacial score (nSPS) is 17.2. The van der Waals surface area contributed by atoms with Gasteiger partial charge in [0.2, 0.25) is 0 Å². The first-order valence-electron chi connectivity index (χ1n) is 14.4. The second kappa shape index (κ2) is 12.7. The third-order valence-corrected chi connectivity index (χ3v) is 8.53. The van der Waals surface area contributed by atoms with Gasteiger partial charge in [0.05, 0.1) is 37.0 Å². The fourth-order valence-corrected chi connectivity index (χ4v) is 6.39. The Labute approximate surface area is 245 Å². The number of fused-ring (bicyclic) bond motifs is 1. The van der Waals surface area contributed by atoms with Gasteiger partial charge in [-0.15, -0.1) is 11.3 Å². The van der Waals surface area contributed by atoms with Crippen molar-refractivity contribution in [2.45, 2.75) is 26.7 Å². The first-order chi connectivity index (χ1) is 20.2. The van der Waals surface area contributed by atoms with Crippen LogP contribution in [0.5, 0.6) is 0 Å². The number of morpholine rings is 1. The van der Waals surface area contributed by atoms with Crippen LogP contribution in [0.3, 0.4) is 0 Å². The molecule has 0 spiro atoms. The molecule has 210 valence electrons. The number of ether oxygens (including phenoxy) is 1. The van der Waals surface area contributed by atoms with Gasteiger partial charge in [0, 0.05) is 54.7 Å². The minimum atomic E-state index is 0.748. The molecule has 0 bridgehead atoms. The van der Waals surface area contributed by atoms with E-state index in [1.54, 1.807) is 11.3 Å². The van der Waals surface area contributed by atoms with Gasteiger partial charge in [-0.3, -0.25) is 4.40 Å². The fraction of sp³-hybridized carbons (Fsp3) is 0.303. The van der Waals surface area contributed by atoms with Crippen molar-refractivity contribution in [2.75, 3.05) is 44.3 Å². The van der Waals surface area contributed by atoms with Crippen LogP contribution in [0.15, 0.2) is 93.2 Å². The summed E-state index contributed by atoms with van der Waals surface area (Å²) in [5.74, 6) is 0. The van der Waals surface area contributed by atoms with Crippen molar-refractivity contribution in [1.29, 1.82) is 0 Å². The van der Waals surface area contributed by atoms with Crippen LogP contribution in [-0.4, -0.2) is 66.1 Å². The van der Waals surface area contributed by atoms with Crippen molar-refractivity contribution >= 4 is 40.5 Å². The number of rotatable bonds is 9. The van der Waals surface area contributed by atoms with Gasteiger partial charge >= 0.3 is 0 Å². The molecule has 8 heteroatoms. The zero-order chi connectivity index (χ0) is 28.0. The highest BCUT2D eigenvalue weighted by Gasteiger charge is 2.25. The molecule has 6 rings (SSSR count). The average molecular weight is 565 g/mol. The van der Waals surface area contributed by atoms with Crippen LogP contribution in [0.1, 0.15) is 37.9 Å². The van der Waals surface area contributed by atoms with E-state index in [0.29, 0.717) is 0 Å². The largest absolute Gasteiger partial charge is 0.378 e. The van der Waals surface area contributed by atoms with Gasteiger partial charge in [-0.05, 0) is 61.6 Å². The minimum absolute atomic E-state index is 0.748. The van der Waals surface area contributed by atoms with E-state index < -0.39 is 0 Å². The van der Waals surface area contributed by atoms with Crippen LogP contribution in [0, 0.1) is 0 Å². The third-order valence-electron chi connectivity index (χ3n) is 7.77. The molecule has 0 radical (unpaired) electrons. The predicted molar refractivity (Wildman–Crippen MR) is 171 cm³/mol. The predicted octanol–water partition coefficient (Wildman–Crippen LogP) is 6.78. The summed E-state index contributed by atoms with van der Waals surface area (Å²) in [5.41, 5.74) is 9.30. The van der Waals surface area contributed by atoms with Crippen molar-refractivity contribution in [3.05, 3.63) is 94.3 Å². The van der Waals surface area contributed by atoms with Crippen LogP contribution in [0.2, 0.25) is 0 Å². The second-order valence-corrected chi connectivity index (χ2v) is 11.0. The summed E-state index contributed by atoms with van der Waals surface area (Å²) >= 11 is 1.62. The molecule has 4 aromatic rings. The Kier molecular flexibility index (Phi) is 8.39. The quantitative estimate of drug-likeness (QED) is 0.166. The molecule has 2 aromatic carbocycles. The monoisotopic (exact) mass is 564 g/mol. The molecule has 41 heavy (non-hydrogen) atoms. The van der Waals surface area contributed by atoms with Gasteiger partial charge < -0.3 is 14.5 Å². The van der Waals surface area contributed by atoms with E-state index in [2.05, 4.69) is 80.7 Å². The number of nitrogens with zero attached hydrogens (tertiary/aromatic N) is 6. The van der Waals surface area contributed by atoms with Crippen LogP contribution in [0.25, 0.3) is 22.3 Å². The molecule has 0 atom stereocenters. The Bertz CT molecular complexity index is 1590. The zero-order valence-electron chi connectivity index (χ0n) is 23.7. The van der Waals surface area contributed by atoms with Gasteiger partial charge in [-0.2, -0.15) is 10.2 Å². The Hall–Kier alpha value is -4.01. The summed E-state index contributed by atoms with van der Waals surface area (Å²) in [7, 11) is 0. The van der Waals surface area contributed by atoms with Gasteiger partial charge in [-0.1, -0.05) is 42.5 Å². The third kappa shape index (κ3) is 5.89. The van der Waals surface area contributed by atoms with E-state index in [-0.39, 0.29) is 0 Å². The lowest BCUT2D eigenvalue weighted by atomic mass is 10.1. The van der Waals surface area contributed by atoms with E-state index in [0.717, 1.165) is 74.1 Å². The van der Waals surface area contributed by atoms with E-state index in [4.69, 9.17) is 9.72 Å². The molecule has 1 fully saturated rings. The molecule has 7 nitrogen and oxygen atoms in total. The highest BCUT2D eigenvalue weighted by molar-refractivity contribution is 7.15. The lowest BCUT2D eigenvalue weighted by Gasteiger charge is -2.31. The molecule has 1 aliphatic carbocycles. The summed E-state index contributed by atoms with van der Waals surface area (Å²) in [6, 6.07) is 19.2. The smallest absolute Gasteiger partial charge is 0.194 e. The first kappa shape index (κ1) is 27.2. The number of allylic oxidation sites excluding steroid dienone is 2. The number of aromatic nitrogens is 2. The maximum atomic E-state index is 5.67. The molecule has 2 aliphatic rings. The lowest BCUT2D eigenvalue weighted by Crippen LogP contribution is -2.36. The van der Waals surface area contributed by atoms with Crippen molar-refractivity contribution in [1.82, 2.24) is 14.3 Å². The second-order valence-electron chi connectivity index (χ2n) is 10.2. The Morgan fingerprint density at radius 1 is 0.951 bits per heavy atom. The minimum Gasteiger partial charge on any atom is -0.378 e. The van der Waals surface area contributed by atoms with E-state index in [1.807, 2.05) is 42.2 Å². The first-order valence-corrected chi connectivity index (χ1v) is 15.3. The molecule has 0 unspecified atom stereocenters. The number of hydrogen-bond acceptors (Lipinski definition) is 7. The van der Waals surface area contributed by atoms with Gasteiger partial charge in [-0.25, -0.2) is 4.98 Å². The van der Waals surface area contributed by atoms with Crippen LogP contribution < -0.4 is 4.90 Å². The highest BCUT2D eigenvalue weighted by Crippen LogP contribution is 2.35. The summed E-state index contributed by atoms with van der Waals surface area (Å²) in [6.45, 7) is 9.70. The van der Waals surface area contributed by atoms with Crippen molar-refractivity contribution in [2.24, 2.45) is 10.2 Å². The van der Waals surface area contributed by atoms with Crippen molar-refractivity contribution < 1.29 is 4.74 Å². The Morgan fingerprint density at radius 3 is 2.46 bits per heavy atom. The molecule has 0 N–H and O–H groups in total. The number of benzene rings is 2. The zero-order valence-corrected chi connectivity index (χ0v) is 24.6. The van der Waals surface area contributed by atoms with Crippen LogP contribution in [-0.2, 0) is 4.74 Å². The summed E-state index contributed by atoms with van der Waals surface area (Å²) in [5, 5.41) is 11.1. The fourth-order valence-electron chi connectivity index (χ4n) is 5.67. The average Bonchev–Trinajstić information content (AvgIpc) is 3.73. The van der Waals surface area contributed by atoms with Crippen LogP contribution in [0.4, 0.5) is 5.69 Å². The molecule has 1 aliphatic heterocycles. The van der Waals surface area contributed by atoms with E-state index in [9.17, 15) is 0 Å². The lowest BCUT2D eigenvalue weighted by molar-refractivity contribution is 0.0548. The number of hydrogen-bond donors (Lipinski definition) is 0. The summed E-state index contributed by atoms with van der Waals surface area (Å²) in [6.07, 6.45) is 10.1. The topological polar surface area (TPSA) is 57.7 Å². The molecular formula is C33H36N6OS. The maximum Gasteiger partial charge on any atom is 0.194 e. The summed E-state index contributed by atoms with van der Waals surface area (Å²) < 4.78 is 7.74. The van der Waals surface area contributed by atoms with E-state index >= 15 is 0 Å². The highest BCUT2D eigenvalue weighted by atomic mass is 32.1. The number of imidazole rings is 1. The van der Waals surface area contributed by atoms with Gasteiger partial charge in [0.15, 0.2) is 4.96 Å². The van der Waals surface area contributed by atoms with Crippen molar-refractivity contribution in [3.8, 4) is 11.3 Å².